The Balaban J connectivity index is 0.000000112. The molecule has 10 aromatic carbocycles. The minimum absolute atomic E-state index is 0.757. The fourth-order valence-electron chi connectivity index (χ4n) is 16.0. The Morgan fingerprint density at radius 3 is 0.900 bits per heavy atom. The molecule has 0 saturated carbocycles. The molecule has 0 saturated heterocycles. The zero-order chi connectivity index (χ0) is 82.6. The van der Waals surface area contributed by atoms with Crippen LogP contribution in [-0.4, -0.2) is 39.9 Å². The van der Waals surface area contributed by atoms with E-state index in [1.807, 2.05) is 49.2 Å². The molecule has 10 aromatic heterocycles. The standard InChI is InChI=1S/2C22H19N2.3C21H18N3/c1-16-7-3-4-10-19(16)22-13-21-18(15-24(22)2)8-5-11-20(21)17-9-6-12-23-14-17;1-16-6-3-4-8-19(16)22-14-21-18(15-24(22)2)7-5-9-20(21)17-10-12-23-13-11-17;1-15-7-3-4-9-17(15)20-13-19-16(14-24(20)2)8-5-10-18(19)21-22-11-6-12-23-21;1-15-6-3-4-8-17(15)21-12-19-16(14-24(21)2)7-5-9-18(19)20-13-22-10-11-23-20;1-15-6-3-4-8-17(15)21-12-19-16(13-24(21)2)7-5-9-18(19)20-10-11-22-14-23-20/h2*3-15H,1-2H3;3*3-14H,1-2H3/q5*+1. The molecule has 0 unspecified atom stereocenters. The topological polar surface area (TPSA) is 123 Å². The number of nitrogens with zero attached hydrogens (tertiary/aromatic N) is 13. The smallest absolute Gasteiger partial charge is 0.213 e. The van der Waals surface area contributed by atoms with E-state index in [1.54, 1.807) is 37.3 Å². The van der Waals surface area contributed by atoms with Crippen LogP contribution in [0, 0.1) is 34.6 Å². The van der Waals surface area contributed by atoms with E-state index in [2.05, 4.69) is 424 Å². The minimum Gasteiger partial charge on any atom is -0.265 e. The summed E-state index contributed by atoms with van der Waals surface area (Å²) in [7, 11) is 10.5. The van der Waals surface area contributed by atoms with Gasteiger partial charge in [0.25, 0.3) is 0 Å². The van der Waals surface area contributed by atoms with Crippen LogP contribution in [0.1, 0.15) is 27.8 Å². The van der Waals surface area contributed by atoms with Crippen molar-refractivity contribution < 1.29 is 22.8 Å². The van der Waals surface area contributed by atoms with Gasteiger partial charge in [0.15, 0.2) is 36.8 Å². The zero-order valence-electron chi connectivity index (χ0n) is 69.1. The number of hydrogen-bond acceptors (Lipinski definition) is 8. The van der Waals surface area contributed by atoms with Crippen LogP contribution in [-0.2, 0) is 35.2 Å². The van der Waals surface area contributed by atoms with Crippen LogP contribution in [0.5, 0.6) is 0 Å². The van der Waals surface area contributed by atoms with Gasteiger partial charge in [-0.2, -0.15) is 0 Å². The molecule has 0 bridgehead atoms. The highest BCUT2D eigenvalue weighted by Crippen LogP contribution is 2.37. The molecule has 0 radical (unpaired) electrons. The number of pyridine rings is 7. The maximum atomic E-state index is 4.47. The summed E-state index contributed by atoms with van der Waals surface area (Å²) >= 11 is 0. The average Bonchev–Trinajstić information content (AvgIpc) is 0.795. The second-order valence-electron chi connectivity index (χ2n) is 30.2. The Morgan fingerprint density at radius 2 is 0.542 bits per heavy atom. The Hall–Kier alpha value is -15.2. The van der Waals surface area contributed by atoms with Crippen molar-refractivity contribution in [3.63, 3.8) is 0 Å². The second kappa shape index (κ2) is 35.9. The van der Waals surface area contributed by atoms with Crippen LogP contribution in [0.15, 0.2) is 378 Å². The van der Waals surface area contributed by atoms with Gasteiger partial charge in [-0.15, -0.1) is 0 Å². The van der Waals surface area contributed by atoms with Gasteiger partial charge in [0.1, 0.15) is 41.6 Å². The molecule has 120 heavy (non-hydrogen) atoms. The summed E-state index contributed by atoms with van der Waals surface area (Å²) in [6, 6.07) is 97.7. The lowest BCUT2D eigenvalue weighted by atomic mass is 9.97. The van der Waals surface area contributed by atoms with Crippen LogP contribution in [0.4, 0.5) is 0 Å². The first-order valence-corrected chi connectivity index (χ1v) is 40.2. The van der Waals surface area contributed by atoms with Crippen LogP contribution < -0.4 is 22.8 Å². The lowest BCUT2D eigenvalue weighted by Gasteiger charge is -2.09. The molecule has 0 aliphatic heterocycles. The maximum absolute atomic E-state index is 4.47. The minimum atomic E-state index is 0.757. The quantitative estimate of drug-likeness (QED) is 0.124. The molecule has 13 nitrogen and oxygen atoms in total. The van der Waals surface area contributed by atoms with Gasteiger partial charge in [-0.3, -0.25) is 19.9 Å². The van der Waals surface area contributed by atoms with E-state index < -0.39 is 0 Å². The van der Waals surface area contributed by atoms with Crippen LogP contribution in [0.2, 0.25) is 0 Å². The summed E-state index contributed by atoms with van der Waals surface area (Å²) in [5.41, 5.74) is 28.6. The third-order valence-electron chi connectivity index (χ3n) is 22.2. The van der Waals surface area contributed by atoms with E-state index in [0.29, 0.717) is 0 Å². The normalized spacial score (nSPS) is 10.9. The predicted molar refractivity (Wildman–Crippen MR) is 486 cm³/mol. The molecule has 580 valence electrons. The van der Waals surface area contributed by atoms with Gasteiger partial charge in [0.05, 0.1) is 17.6 Å². The maximum Gasteiger partial charge on any atom is 0.213 e. The van der Waals surface area contributed by atoms with Crippen molar-refractivity contribution in [2.45, 2.75) is 34.6 Å². The molecule has 0 N–H and O–H groups in total. The van der Waals surface area contributed by atoms with E-state index >= 15 is 0 Å². The van der Waals surface area contributed by atoms with Gasteiger partial charge in [-0.1, -0.05) is 158 Å². The van der Waals surface area contributed by atoms with Gasteiger partial charge in [-0.25, -0.2) is 42.8 Å². The first-order chi connectivity index (χ1) is 58.7. The van der Waals surface area contributed by atoms with Crippen molar-refractivity contribution in [1.29, 1.82) is 0 Å². The number of aryl methyl sites for hydroxylation is 10. The highest BCUT2D eigenvalue weighted by Gasteiger charge is 2.23. The lowest BCUT2D eigenvalue weighted by molar-refractivity contribution is -0.659. The monoisotopic (exact) mass is 1560 g/mol. The summed E-state index contributed by atoms with van der Waals surface area (Å²) in [5, 5.41) is 12.1. The van der Waals surface area contributed by atoms with E-state index in [4.69, 9.17) is 0 Å². The van der Waals surface area contributed by atoms with Crippen molar-refractivity contribution in [3.05, 3.63) is 406 Å². The van der Waals surface area contributed by atoms with Crippen molar-refractivity contribution in [2.75, 3.05) is 0 Å². The van der Waals surface area contributed by atoms with Crippen molar-refractivity contribution in [2.24, 2.45) is 35.2 Å². The number of hydrogen-bond donors (Lipinski definition) is 0. The van der Waals surface area contributed by atoms with E-state index in [1.165, 1.54) is 155 Å². The van der Waals surface area contributed by atoms with E-state index in [-0.39, 0.29) is 0 Å². The number of benzene rings is 10. The van der Waals surface area contributed by atoms with Gasteiger partial charge in [0.2, 0.25) is 28.5 Å². The number of rotatable bonds is 10. The molecule has 13 heteroatoms. The van der Waals surface area contributed by atoms with Gasteiger partial charge in [-0.05, 0) is 170 Å². The second-order valence-corrected chi connectivity index (χ2v) is 30.2. The molecule has 20 aromatic rings. The van der Waals surface area contributed by atoms with E-state index in [0.717, 1.165) is 39.5 Å². The Labute approximate surface area is 700 Å². The SMILES string of the molecule is Cc1ccccc1-c1cc2c(-c3cccnc3)cccc2c[n+]1C.Cc1ccccc1-c1cc2c(-c3ccncc3)cccc2c[n+]1C.Cc1ccccc1-c1cc2c(-c3ccncn3)cccc2c[n+]1C.Cc1ccccc1-c1cc2c(-c3cnccn3)cccc2c[n+]1C.Cc1ccccc1-c1cc2c(-c3ncccn3)cccc2c[n+]1C. The Kier molecular flexibility index (Phi) is 23.5. The molecule has 0 aliphatic carbocycles. The summed E-state index contributed by atoms with van der Waals surface area (Å²) in [6.45, 7) is 10.8. The molecule has 0 atom stereocenters. The Bertz CT molecular complexity index is 6100. The third kappa shape index (κ3) is 17.1. The summed E-state index contributed by atoms with van der Waals surface area (Å²) in [5.74, 6) is 0.757. The number of aromatic nitrogens is 13. The molecular formula is C107H92N13+5. The molecule has 10 heterocycles. The third-order valence-corrected chi connectivity index (χ3v) is 22.2. The highest BCUT2D eigenvalue weighted by molar-refractivity contribution is 6.01. The van der Waals surface area contributed by atoms with Crippen molar-refractivity contribution in [3.8, 4) is 112 Å². The first kappa shape index (κ1) is 78.7. The molecule has 0 amide bonds. The summed E-state index contributed by atoms with van der Waals surface area (Å²) in [6.07, 6.45) is 30.6. The molecular weight excluding hydrogens is 1470 g/mol. The molecule has 0 fully saturated rings. The largest absolute Gasteiger partial charge is 0.265 e. The van der Waals surface area contributed by atoms with Gasteiger partial charge < -0.3 is 0 Å². The van der Waals surface area contributed by atoms with Crippen LogP contribution in [0.25, 0.3) is 166 Å². The average molecular weight is 1560 g/mol. The van der Waals surface area contributed by atoms with Crippen molar-refractivity contribution >= 4 is 53.9 Å². The highest BCUT2D eigenvalue weighted by atomic mass is 14.9. The van der Waals surface area contributed by atoms with Crippen LogP contribution >= 0.6 is 0 Å². The molecule has 0 aliphatic rings. The summed E-state index contributed by atoms with van der Waals surface area (Å²) in [4.78, 5) is 34.4. The fourth-order valence-corrected chi connectivity index (χ4v) is 16.0. The van der Waals surface area contributed by atoms with Crippen molar-refractivity contribution in [1.82, 2.24) is 39.9 Å². The van der Waals surface area contributed by atoms with Gasteiger partial charge in [0, 0.05) is 190 Å². The molecule has 0 spiro atoms. The van der Waals surface area contributed by atoms with E-state index in [9.17, 15) is 0 Å². The first-order valence-electron chi connectivity index (χ1n) is 40.2. The Morgan fingerprint density at radius 1 is 0.208 bits per heavy atom. The van der Waals surface area contributed by atoms with Gasteiger partial charge >= 0.3 is 0 Å². The molecule has 20 rings (SSSR count). The zero-order valence-corrected chi connectivity index (χ0v) is 69.1. The predicted octanol–water partition coefficient (Wildman–Crippen LogP) is 21.7. The number of fused-ring (bicyclic) bond motifs is 5. The fraction of sp³-hybridized carbons (Fsp3) is 0.0935. The lowest BCUT2D eigenvalue weighted by Crippen LogP contribution is -2.30. The van der Waals surface area contributed by atoms with Crippen LogP contribution in [0.3, 0.4) is 0 Å². The summed E-state index contributed by atoms with van der Waals surface area (Å²) < 4.78 is 11.0.